The van der Waals surface area contributed by atoms with Gasteiger partial charge in [-0.3, -0.25) is 9.59 Å². The predicted octanol–water partition coefficient (Wildman–Crippen LogP) is 2.63. The van der Waals surface area contributed by atoms with Crippen LogP contribution in [0.3, 0.4) is 0 Å². The van der Waals surface area contributed by atoms with Crippen LogP contribution >= 0.6 is 0 Å². The maximum absolute atomic E-state index is 13.9. The molecule has 23 heavy (non-hydrogen) atoms. The fourth-order valence-electron chi connectivity index (χ4n) is 2.48. The third kappa shape index (κ3) is 2.70. The van der Waals surface area contributed by atoms with Crippen LogP contribution in [0.4, 0.5) is 10.2 Å². The number of benzene rings is 1. The number of carbonyl (C=O) groups is 1. The van der Waals surface area contributed by atoms with E-state index >= 15 is 0 Å². The monoisotopic (exact) mass is 311 g/mol. The predicted molar refractivity (Wildman–Crippen MR) is 86.1 cm³/mol. The number of halogens is 1. The van der Waals surface area contributed by atoms with Crippen molar-refractivity contribution in [3.8, 4) is 0 Å². The molecule has 0 atom stereocenters. The lowest BCUT2D eigenvalue weighted by molar-refractivity contribution is 0.102. The van der Waals surface area contributed by atoms with E-state index in [0.717, 1.165) is 5.69 Å². The first-order valence-corrected chi connectivity index (χ1v) is 7.00. The summed E-state index contributed by atoms with van der Waals surface area (Å²) in [6, 6.07) is 9.42. The number of pyridine rings is 2. The largest absolute Gasteiger partial charge is 0.347 e. The number of nitrogens with one attached hydrogen (secondary N) is 1. The minimum atomic E-state index is -0.574. The standard InChI is InChI=1S/C17H14FN3O2/c1-10-5-3-8-14(19-10)20-17(23)12-9-21(2)15-11(16(12)22)6-4-7-13(15)18/h3-9H,1-2H3,(H,19,20,23). The summed E-state index contributed by atoms with van der Waals surface area (Å²) in [5, 5.41) is 2.75. The quantitative estimate of drug-likeness (QED) is 0.791. The number of nitrogens with zero attached hydrogens (tertiary/aromatic N) is 2. The summed E-state index contributed by atoms with van der Waals surface area (Å²) in [6.45, 7) is 1.80. The van der Waals surface area contributed by atoms with Crippen LogP contribution in [0.15, 0.2) is 47.4 Å². The van der Waals surface area contributed by atoms with Crippen LogP contribution in [0.5, 0.6) is 0 Å². The molecule has 0 spiro atoms. The van der Waals surface area contributed by atoms with Crippen molar-refractivity contribution < 1.29 is 9.18 Å². The maximum atomic E-state index is 13.9. The first-order valence-electron chi connectivity index (χ1n) is 7.00. The molecule has 3 rings (SSSR count). The fourth-order valence-corrected chi connectivity index (χ4v) is 2.48. The number of aromatic nitrogens is 2. The van der Waals surface area contributed by atoms with Crippen LogP contribution in [0, 0.1) is 12.7 Å². The molecule has 1 N–H and O–H groups in total. The van der Waals surface area contributed by atoms with Crippen molar-refractivity contribution in [1.82, 2.24) is 9.55 Å². The van der Waals surface area contributed by atoms with Gasteiger partial charge in [-0.15, -0.1) is 0 Å². The Labute approximate surface area is 131 Å². The highest BCUT2D eigenvalue weighted by molar-refractivity contribution is 6.05. The second-order valence-corrected chi connectivity index (χ2v) is 5.24. The topological polar surface area (TPSA) is 64.0 Å². The van der Waals surface area contributed by atoms with E-state index in [1.807, 2.05) is 0 Å². The molecule has 0 fully saturated rings. The summed E-state index contributed by atoms with van der Waals surface area (Å²) < 4.78 is 15.3. The van der Waals surface area contributed by atoms with Gasteiger partial charge >= 0.3 is 0 Å². The Morgan fingerprint density at radius 1 is 1.22 bits per heavy atom. The lowest BCUT2D eigenvalue weighted by Crippen LogP contribution is -2.24. The molecule has 2 aromatic heterocycles. The zero-order chi connectivity index (χ0) is 16.6. The van der Waals surface area contributed by atoms with E-state index in [4.69, 9.17) is 0 Å². The van der Waals surface area contributed by atoms with Crippen LogP contribution in [-0.2, 0) is 7.05 Å². The van der Waals surface area contributed by atoms with E-state index in [0.29, 0.717) is 5.82 Å². The molecule has 0 saturated carbocycles. The Kier molecular flexibility index (Phi) is 3.65. The van der Waals surface area contributed by atoms with Crippen molar-refractivity contribution in [2.75, 3.05) is 5.32 Å². The van der Waals surface area contributed by atoms with Crippen molar-refractivity contribution in [2.24, 2.45) is 7.05 Å². The second-order valence-electron chi connectivity index (χ2n) is 5.24. The fraction of sp³-hybridized carbons (Fsp3) is 0.118. The molecule has 0 radical (unpaired) electrons. The molecular weight excluding hydrogens is 297 g/mol. The minimum Gasteiger partial charge on any atom is -0.347 e. The van der Waals surface area contributed by atoms with Crippen molar-refractivity contribution in [2.45, 2.75) is 6.92 Å². The third-order valence-electron chi connectivity index (χ3n) is 3.53. The first kappa shape index (κ1) is 14.9. The number of carbonyl (C=O) groups excluding carboxylic acids is 1. The Morgan fingerprint density at radius 3 is 2.70 bits per heavy atom. The number of rotatable bonds is 2. The van der Waals surface area contributed by atoms with Crippen LogP contribution in [0.25, 0.3) is 10.9 Å². The highest BCUT2D eigenvalue weighted by Gasteiger charge is 2.16. The van der Waals surface area contributed by atoms with Crippen molar-refractivity contribution in [3.05, 3.63) is 69.9 Å². The number of amides is 1. The highest BCUT2D eigenvalue weighted by Crippen LogP contribution is 2.15. The lowest BCUT2D eigenvalue weighted by Gasteiger charge is -2.10. The van der Waals surface area contributed by atoms with Crippen molar-refractivity contribution in [1.29, 1.82) is 0 Å². The summed E-state index contributed by atoms with van der Waals surface area (Å²) in [5.41, 5.74) is 0.343. The summed E-state index contributed by atoms with van der Waals surface area (Å²) in [7, 11) is 1.59. The molecule has 5 nitrogen and oxygen atoms in total. The molecule has 0 saturated heterocycles. The van der Waals surface area contributed by atoms with E-state index in [-0.39, 0.29) is 16.5 Å². The van der Waals surface area contributed by atoms with Gasteiger partial charge < -0.3 is 9.88 Å². The first-order chi connectivity index (χ1) is 11.0. The van der Waals surface area contributed by atoms with Gasteiger partial charge in [-0.2, -0.15) is 0 Å². The van der Waals surface area contributed by atoms with Crippen LogP contribution in [0.1, 0.15) is 16.1 Å². The van der Waals surface area contributed by atoms with E-state index in [2.05, 4.69) is 10.3 Å². The Bertz CT molecular complexity index is 979. The Balaban J connectivity index is 2.08. The number of hydrogen-bond donors (Lipinski definition) is 1. The zero-order valence-corrected chi connectivity index (χ0v) is 12.6. The van der Waals surface area contributed by atoms with E-state index in [1.54, 1.807) is 32.2 Å². The molecule has 0 unspecified atom stereocenters. The molecule has 0 aliphatic heterocycles. The third-order valence-corrected chi connectivity index (χ3v) is 3.53. The van der Waals surface area contributed by atoms with Crippen LogP contribution in [0.2, 0.25) is 0 Å². The molecule has 0 bridgehead atoms. The molecule has 0 aliphatic carbocycles. The van der Waals surface area contributed by atoms with Crippen LogP contribution in [-0.4, -0.2) is 15.5 Å². The average molecular weight is 311 g/mol. The van der Waals surface area contributed by atoms with E-state index in [9.17, 15) is 14.0 Å². The zero-order valence-electron chi connectivity index (χ0n) is 12.6. The molecule has 3 aromatic rings. The molecule has 1 amide bonds. The highest BCUT2D eigenvalue weighted by atomic mass is 19.1. The van der Waals surface area contributed by atoms with Gasteiger partial charge in [0.2, 0.25) is 5.43 Å². The maximum Gasteiger partial charge on any atom is 0.262 e. The Morgan fingerprint density at radius 2 is 1.96 bits per heavy atom. The van der Waals surface area contributed by atoms with Crippen molar-refractivity contribution in [3.63, 3.8) is 0 Å². The summed E-state index contributed by atoms with van der Waals surface area (Å²) in [6.07, 6.45) is 1.33. The molecule has 0 aliphatic rings. The second kappa shape index (κ2) is 5.64. The van der Waals surface area contributed by atoms with Gasteiger partial charge in [-0.1, -0.05) is 12.1 Å². The van der Waals surface area contributed by atoms with E-state index < -0.39 is 17.2 Å². The van der Waals surface area contributed by atoms with Gasteiger partial charge in [-0.25, -0.2) is 9.37 Å². The molecule has 116 valence electrons. The van der Waals surface area contributed by atoms with Gasteiger partial charge in [0.1, 0.15) is 17.2 Å². The van der Waals surface area contributed by atoms with Gasteiger partial charge in [-0.05, 0) is 31.2 Å². The minimum absolute atomic E-state index is 0.0612. The Hall–Kier alpha value is -3.02. The van der Waals surface area contributed by atoms with Crippen molar-refractivity contribution >= 4 is 22.6 Å². The lowest BCUT2D eigenvalue weighted by atomic mass is 10.1. The average Bonchev–Trinajstić information content (AvgIpc) is 2.50. The summed E-state index contributed by atoms with van der Waals surface area (Å²) >= 11 is 0. The molecule has 1 aromatic carbocycles. The molecule has 2 heterocycles. The molecule has 6 heteroatoms. The van der Waals surface area contributed by atoms with Crippen LogP contribution < -0.4 is 10.7 Å². The van der Waals surface area contributed by atoms with Gasteiger partial charge in [0, 0.05) is 24.3 Å². The number of anilines is 1. The number of aryl methyl sites for hydroxylation is 2. The van der Waals surface area contributed by atoms with E-state index in [1.165, 1.54) is 29.0 Å². The summed E-state index contributed by atoms with van der Waals surface area (Å²) in [5.74, 6) is -0.722. The summed E-state index contributed by atoms with van der Waals surface area (Å²) in [4.78, 5) is 29.0. The SMILES string of the molecule is Cc1cccc(NC(=O)c2cn(C)c3c(F)cccc3c2=O)n1. The van der Waals surface area contributed by atoms with Gasteiger partial charge in [0.25, 0.3) is 5.91 Å². The van der Waals surface area contributed by atoms with Gasteiger partial charge in [0.15, 0.2) is 0 Å². The van der Waals surface area contributed by atoms with Gasteiger partial charge in [0.05, 0.1) is 5.52 Å². The smallest absolute Gasteiger partial charge is 0.262 e. The normalized spacial score (nSPS) is 10.7. The number of fused-ring (bicyclic) bond motifs is 1. The number of hydrogen-bond acceptors (Lipinski definition) is 3. The number of para-hydroxylation sites is 1. The molecular formula is C17H14FN3O2.